The van der Waals surface area contributed by atoms with Crippen LogP contribution in [0.5, 0.6) is 0 Å². The van der Waals surface area contributed by atoms with Crippen LogP contribution in [-0.4, -0.2) is 52.5 Å². The van der Waals surface area contributed by atoms with E-state index in [1.807, 2.05) is 0 Å². The fourth-order valence-electron chi connectivity index (χ4n) is 3.13. The highest BCUT2D eigenvalue weighted by Gasteiger charge is 2.56. The van der Waals surface area contributed by atoms with E-state index in [2.05, 4.69) is 19.2 Å². The van der Waals surface area contributed by atoms with Crippen LogP contribution in [0, 0.1) is 0 Å². The van der Waals surface area contributed by atoms with Crippen LogP contribution >= 0.6 is 11.8 Å². The summed E-state index contributed by atoms with van der Waals surface area (Å²) < 4.78 is 4.74. The molecule has 6 nitrogen and oxygen atoms in total. The van der Waals surface area contributed by atoms with Crippen molar-refractivity contribution in [1.82, 2.24) is 10.2 Å². The van der Waals surface area contributed by atoms with Crippen LogP contribution in [0.3, 0.4) is 0 Å². The zero-order chi connectivity index (χ0) is 17.5. The normalized spacial score (nSPS) is 25.5. The number of carbonyl (C=O) groups is 3. The smallest absolute Gasteiger partial charge is 0.322 e. The number of ether oxygens (including phenoxy) is 1. The number of nitrogens with zero attached hydrogens (tertiary/aromatic N) is 1. The second kappa shape index (κ2) is 6.12. The van der Waals surface area contributed by atoms with Crippen molar-refractivity contribution in [2.75, 3.05) is 13.7 Å². The lowest BCUT2D eigenvalue weighted by molar-refractivity contribution is -0.151. The molecule has 3 rings (SSSR count). The first-order valence-corrected chi connectivity index (χ1v) is 8.63. The molecule has 2 saturated heterocycles. The van der Waals surface area contributed by atoms with Gasteiger partial charge in [0.05, 0.1) is 7.11 Å². The van der Waals surface area contributed by atoms with E-state index in [1.54, 1.807) is 47.0 Å². The Hall–Kier alpha value is -2.02. The maximum atomic E-state index is 12.7. The molecule has 0 aromatic heterocycles. The number of hydrogen-bond donors (Lipinski definition) is 1. The maximum Gasteiger partial charge on any atom is 0.322 e. The van der Waals surface area contributed by atoms with Gasteiger partial charge in [0.1, 0.15) is 11.4 Å². The summed E-state index contributed by atoms with van der Waals surface area (Å²) in [7, 11) is 1.25. The standard InChI is InChI=1S/C17H20N2O4S/c1-17(2)9-19-14(21)12(15(19)24-17)18-13(20)11(16(22)23-3)10-7-5-4-6-8-10/h4-8,11-12,15H,9H2,1-3H3,(H,18,20)/t11?,12-,15-/m1/s1. The summed E-state index contributed by atoms with van der Waals surface area (Å²) in [5.74, 6) is -2.31. The molecule has 2 fully saturated rings. The Morgan fingerprint density at radius 2 is 2.00 bits per heavy atom. The third-order valence-corrected chi connectivity index (χ3v) is 5.80. The minimum atomic E-state index is -1.07. The van der Waals surface area contributed by atoms with Crippen molar-refractivity contribution in [2.45, 2.75) is 35.9 Å². The quantitative estimate of drug-likeness (QED) is 0.501. The molecular weight excluding hydrogens is 328 g/mol. The third-order valence-electron chi connectivity index (χ3n) is 4.26. The van der Waals surface area contributed by atoms with Gasteiger partial charge in [0.15, 0.2) is 5.92 Å². The summed E-state index contributed by atoms with van der Waals surface area (Å²) in [6.07, 6.45) is 0. The van der Waals surface area contributed by atoms with E-state index in [4.69, 9.17) is 4.74 Å². The molecule has 2 heterocycles. The molecule has 2 aliphatic heterocycles. The molecule has 1 aromatic rings. The molecule has 3 atom stereocenters. The number of esters is 1. The first kappa shape index (κ1) is 16.8. The highest BCUT2D eigenvalue weighted by atomic mass is 32.2. The van der Waals surface area contributed by atoms with Gasteiger partial charge in [0.2, 0.25) is 11.8 Å². The number of amides is 2. The summed E-state index contributed by atoms with van der Waals surface area (Å²) in [4.78, 5) is 38.7. The third kappa shape index (κ3) is 2.88. The van der Waals surface area contributed by atoms with E-state index < -0.39 is 23.8 Å². The molecule has 0 bridgehead atoms. The molecule has 0 saturated carbocycles. The Morgan fingerprint density at radius 3 is 2.62 bits per heavy atom. The molecule has 0 radical (unpaired) electrons. The Morgan fingerprint density at radius 1 is 1.33 bits per heavy atom. The number of fused-ring (bicyclic) bond motifs is 1. The second-order valence-electron chi connectivity index (χ2n) is 6.59. The van der Waals surface area contributed by atoms with Crippen LogP contribution < -0.4 is 5.32 Å². The SMILES string of the molecule is COC(=O)C(C(=O)N[C@@H]1C(=O)N2CC(C)(C)S[C@H]12)c1ccccc1. The first-order valence-electron chi connectivity index (χ1n) is 7.75. The van der Waals surface area contributed by atoms with Gasteiger partial charge >= 0.3 is 5.97 Å². The Bertz CT molecular complexity index is 676. The molecule has 2 aliphatic rings. The van der Waals surface area contributed by atoms with Crippen LogP contribution in [0.4, 0.5) is 0 Å². The van der Waals surface area contributed by atoms with Gasteiger partial charge in [0, 0.05) is 11.3 Å². The van der Waals surface area contributed by atoms with Gasteiger partial charge in [-0.1, -0.05) is 30.3 Å². The van der Waals surface area contributed by atoms with Crippen LogP contribution in [0.1, 0.15) is 25.3 Å². The van der Waals surface area contributed by atoms with Crippen molar-refractivity contribution in [3.8, 4) is 0 Å². The van der Waals surface area contributed by atoms with Gasteiger partial charge in [-0.25, -0.2) is 0 Å². The average Bonchev–Trinajstić information content (AvgIpc) is 2.86. The fraction of sp³-hybridized carbons (Fsp3) is 0.471. The van der Waals surface area contributed by atoms with Crippen LogP contribution in [0.2, 0.25) is 0 Å². The number of carbonyl (C=O) groups excluding carboxylic acids is 3. The summed E-state index contributed by atoms with van der Waals surface area (Å²) in [5, 5.41) is 2.67. The van der Waals surface area contributed by atoms with Gasteiger partial charge in [-0.2, -0.15) is 0 Å². The predicted molar refractivity (Wildman–Crippen MR) is 90.3 cm³/mol. The zero-order valence-electron chi connectivity index (χ0n) is 13.8. The van der Waals surface area contributed by atoms with Crippen LogP contribution in [0.15, 0.2) is 30.3 Å². The van der Waals surface area contributed by atoms with Gasteiger partial charge < -0.3 is 15.0 Å². The van der Waals surface area contributed by atoms with Crippen molar-refractivity contribution in [1.29, 1.82) is 0 Å². The van der Waals surface area contributed by atoms with E-state index in [9.17, 15) is 14.4 Å². The van der Waals surface area contributed by atoms with Gasteiger partial charge in [-0.15, -0.1) is 11.8 Å². The monoisotopic (exact) mass is 348 g/mol. The Balaban J connectivity index is 1.75. The Kier molecular flexibility index (Phi) is 4.29. The van der Waals surface area contributed by atoms with Gasteiger partial charge in [-0.05, 0) is 19.4 Å². The van der Waals surface area contributed by atoms with Crippen molar-refractivity contribution < 1.29 is 19.1 Å². The van der Waals surface area contributed by atoms with Crippen molar-refractivity contribution in [2.24, 2.45) is 0 Å². The lowest BCUT2D eigenvalue weighted by Gasteiger charge is -2.42. The largest absolute Gasteiger partial charge is 0.468 e. The van der Waals surface area contributed by atoms with Crippen LogP contribution in [-0.2, 0) is 19.1 Å². The predicted octanol–water partition coefficient (Wildman–Crippen LogP) is 1.12. The first-order chi connectivity index (χ1) is 11.3. The number of thioether (sulfide) groups is 1. The molecule has 128 valence electrons. The summed E-state index contributed by atoms with van der Waals surface area (Å²) in [5.41, 5.74) is 0.546. The molecule has 24 heavy (non-hydrogen) atoms. The average molecular weight is 348 g/mol. The number of benzene rings is 1. The van der Waals surface area contributed by atoms with Crippen molar-refractivity contribution in [3.05, 3.63) is 35.9 Å². The summed E-state index contributed by atoms with van der Waals surface area (Å²) in [6.45, 7) is 4.82. The maximum absolute atomic E-state index is 12.7. The topological polar surface area (TPSA) is 75.7 Å². The lowest BCUT2D eigenvalue weighted by atomic mass is 9.96. The highest BCUT2D eigenvalue weighted by Crippen LogP contribution is 2.46. The number of rotatable bonds is 4. The molecule has 1 aromatic carbocycles. The lowest BCUT2D eigenvalue weighted by Crippen LogP contribution is -2.67. The Labute approximate surface area is 144 Å². The molecule has 2 amide bonds. The van der Waals surface area contributed by atoms with E-state index in [1.165, 1.54) is 7.11 Å². The molecule has 1 N–H and O–H groups in total. The van der Waals surface area contributed by atoms with E-state index in [0.29, 0.717) is 12.1 Å². The van der Waals surface area contributed by atoms with E-state index in [0.717, 1.165) is 0 Å². The van der Waals surface area contributed by atoms with E-state index >= 15 is 0 Å². The molecule has 0 aliphatic carbocycles. The summed E-state index contributed by atoms with van der Waals surface area (Å²) in [6, 6.07) is 8.13. The minimum absolute atomic E-state index is 0.0268. The molecule has 7 heteroatoms. The van der Waals surface area contributed by atoms with Crippen LogP contribution in [0.25, 0.3) is 0 Å². The van der Waals surface area contributed by atoms with Crippen molar-refractivity contribution in [3.63, 3.8) is 0 Å². The zero-order valence-corrected chi connectivity index (χ0v) is 14.6. The minimum Gasteiger partial charge on any atom is -0.468 e. The van der Waals surface area contributed by atoms with Gasteiger partial charge in [0.25, 0.3) is 0 Å². The van der Waals surface area contributed by atoms with Gasteiger partial charge in [-0.3, -0.25) is 14.4 Å². The second-order valence-corrected chi connectivity index (χ2v) is 8.41. The fourth-order valence-corrected chi connectivity index (χ4v) is 4.62. The number of methoxy groups -OCH3 is 1. The number of nitrogens with one attached hydrogen (secondary N) is 1. The number of β-lactam (4-membered cyclic amide) rings is 1. The highest BCUT2D eigenvalue weighted by molar-refractivity contribution is 8.01. The van der Waals surface area contributed by atoms with Crippen molar-refractivity contribution >= 4 is 29.5 Å². The summed E-state index contributed by atoms with van der Waals surface area (Å²) >= 11 is 1.67. The molecular formula is C17H20N2O4S. The molecule has 0 spiro atoms. The van der Waals surface area contributed by atoms with E-state index in [-0.39, 0.29) is 16.0 Å². The molecule has 1 unspecified atom stereocenters. The number of hydrogen-bond acceptors (Lipinski definition) is 5.